The molecule has 20 heavy (non-hydrogen) atoms. The van der Waals surface area contributed by atoms with Gasteiger partial charge in [0.25, 0.3) is 0 Å². The van der Waals surface area contributed by atoms with Crippen LogP contribution in [0.3, 0.4) is 0 Å². The highest BCUT2D eigenvalue weighted by molar-refractivity contribution is 9.10. The smallest absolute Gasteiger partial charge is 0.138 e. The predicted molar refractivity (Wildman–Crippen MR) is 76.8 cm³/mol. The molecule has 0 fully saturated rings. The topological polar surface area (TPSA) is 57.8 Å². The maximum Gasteiger partial charge on any atom is 0.138 e. The minimum absolute atomic E-state index is 0.551. The van der Waals surface area contributed by atoms with Gasteiger partial charge in [-0.15, -0.1) is 0 Å². The minimum Gasteiger partial charge on any atom is -0.492 e. The molecule has 3 aromatic rings. The van der Waals surface area contributed by atoms with Gasteiger partial charge in [-0.25, -0.2) is 9.67 Å². The van der Waals surface area contributed by atoms with E-state index in [2.05, 4.69) is 31.1 Å². The molecule has 0 bridgehead atoms. The molecule has 0 saturated carbocycles. The largest absolute Gasteiger partial charge is 0.492 e. The molecule has 0 N–H and O–H groups in total. The van der Waals surface area contributed by atoms with E-state index in [1.165, 1.54) is 6.33 Å². The Morgan fingerprint density at radius 3 is 2.95 bits per heavy atom. The van der Waals surface area contributed by atoms with Crippen molar-refractivity contribution in [3.8, 4) is 11.4 Å². The lowest BCUT2D eigenvalue weighted by Gasteiger charge is -2.08. The molecule has 0 aliphatic rings. The number of rotatable bonds is 5. The van der Waals surface area contributed by atoms with Gasteiger partial charge in [0.15, 0.2) is 0 Å². The van der Waals surface area contributed by atoms with Crippen molar-refractivity contribution in [3.63, 3.8) is 0 Å². The molecule has 0 aliphatic carbocycles. The number of halogens is 1. The van der Waals surface area contributed by atoms with Crippen molar-refractivity contribution >= 4 is 15.9 Å². The molecule has 102 valence electrons. The van der Waals surface area contributed by atoms with E-state index < -0.39 is 0 Å². The average Bonchev–Trinajstić information content (AvgIpc) is 3.11. The van der Waals surface area contributed by atoms with Crippen LogP contribution in [0.5, 0.6) is 5.75 Å². The first-order chi connectivity index (χ1) is 9.81. The van der Waals surface area contributed by atoms with Crippen LogP contribution in [0.15, 0.2) is 53.8 Å². The highest BCUT2D eigenvalue weighted by Crippen LogP contribution is 2.16. The highest BCUT2D eigenvalue weighted by Gasteiger charge is 2.00. The second kappa shape index (κ2) is 5.87. The third-order valence-electron chi connectivity index (χ3n) is 2.69. The van der Waals surface area contributed by atoms with Crippen LogP contribution in [0, 0.1) is 0 Å². The van der Waals surface area contributed by atoms with Gasteiger partial charge in [0.1, 0.15) is 25.0 Å². The molecule has 0 spiro atoms. The molecule has 0 atom stereocenters. The molecule has 3 rings (SSSR count). The van der Waals surface area contributed by atoms with Gasteiger partial charge >= 0.3 is 0 Å². The molecule has 2 heterocycles. The van der Waals surface area contributed by atoms with Crippen molar-refractivity contribution < 1.29 is 4.74 Å². The Morgan fingerprint density at radius 1 is 1.25 bits per heavy atom. The monoisotopic (exact) mass is 333 g/mol. The lowest BCUT2D eigenvalue weighted by molar-refractivity contribution is 0.291. The Labute approximate surface area is 124 Å². The van der Waals surface area contributed by atoms with E-state index in [1.54, 1.807) is 17.2 Å². The zero-order valence-corrected chi connectivity index (χ0v) is 12.1. The quantitative estimate of drug-likeness (QED) is 0.718. The summed E-state index contributed by atoms with van der Waals surface area (Å²) < 4.78 is 10.2. The molecular formula is C13H12BrN5O. The molecule has 0 aliphatic heterocycles. The summed E-state index contributed by atoms with van der Waals surface area (Å²) >= 11 is 3.36. The fourth-order valence-electron chi connectivity index (χ4n) is 1.78. The zero-order valence-electron chi connectivity index (χ0n) is 10.6. The Hall–Kier alpha value is -2.15. The van der Waals surface area contributed by atoms with Gasteiger partial charge in [0.2, 0.25) is 0 Å². The van der Waals surface area contributed by atoms with E-state index in [4.69, 9.17) is 4.74 Å². The number of hydrogen-bond donors (Lipinski definition) is 0. The van der Waals surface area contributed by atoms with Gasteiger partial charge in [-0.3, -0.25) is 4.68 Å². The predicted octanol–water partition coefficient (Wildman–Crippen LogP) is 2.31. The fourth-order valence-corrected chi connectivity index (χ4v) is 2.10. The van der Waals surface area contributed by atoms with Crippen LogP contribution >= 0.6 is 15.9 Å². The van der Waals surface area contributed by atoms with Gasteiger partial charge < -0.3 is 4.74 Å². The van der Waals surface area contributed by atoms with E-state index in [1.807, 2.05) is 35.1 Å². The SMILES string of the molecule is Brc1cnn(CCOc2cccc(-n3cncn3)c2)c1. The fraction of sp³-hybridized carbons (Fsp3) is 0.154. The zero-order chi connectivity index (χ0) is 13.8. The average molecular weight is 334 g/mol. The van der Waals surface area contributed by atoms with Crippen molar-refractivity contribution in [2.24, 2.45) is 0 Å². The summed E-state index contributed by atoms with van der Waals surface area (Å²) in [6.07, 6.45) is 6.82. The van der Waals surface area contributed by atoms with Crippen LogP contribution in [0.25, 0.3) is 5.69 Å². The van der Waals surface area contributed by atoms with Crippen LogP contribution in [0.4, 0.5) is 0 Å². The van der Waals surface area contributed by atoms with Gasteiger partial charge in [0, 0.05) is 12.3 Å². The van der Waals surface area contributed by atoms with E-state index >= 15 is 0 Å². The first-order valence-corrected chi connectivity index (χ1v) is 6.86. The second-order valence-corrected chi connectivity index (χ2v) is 5.02. The molecule has 0 unspecified atom stereocenters. The lowest BCUT2D eigenvalue weighted by Crippen LogP contribution is -2.08. The summed E-state index contributed by atoms with van der Waals surface area (Å²) in [5, 5.41) is 8.26. The standard InChI is InChI=1S/C13H12BrN5O/c14-11-7-16-18(8-11)4-5-20-13-3-1-2-12(6-13)19-10-15-9-17-19/h1-3,6-10H,4-5H2. The van der Waals surface area contributed by atoms with Crippen molar-refractivity contribution in [3.05, 3.63) is 53.8 Å². The summed E-state index contributed by atoms with van der Waals surface area (Å²) in [5.41, 5.74) is 0.918. The van der Waals surface area contributed by atoms with E-state index in [9.17, 15) is 0 Å². The molecule has 1 aromatic carbocycles. The summed E-state index contributed by atoms with van der Waals surface area (Å²) in [5.74, 6) is 0.796. The van der Waals surface area contributed by atoms with Crippen LogP contribution in [-0.2, 0) is 6.54 Å². The Balaban J connectivity index is 1.62. The van der Waals surface area contributed by atoms with Gasteiger partial charge in [-0.1, -0.05) is 6.07 Å². The van der Waals surface area contributed by atoms with Crippen molar-refractivity contribution in [2.45, 2.75) is 6.54 Å². The second-order valence-electron chi connectivity index (χ2n) is 4.11. The van der Waals surface area contributed by atoms with Gasteiger partial charge in [0.05, 0.1) is 22.9 Å². The first-order valence-electron chi connectivity index (χ1n) is 6.07. The molecule has 6 nitrogen and oxygen atoms in total. The highest BCUT2D eigenvalue weighted by atomic mass is 79.9. The summed E-state index contributed by atoms with van der Waals surface area (Å²) in [6, 6.07) is 7.72. The van der Waals surface area contributed by atoms with Crippen LogP contribution in [0.2, 0.25) is 0 Å². The molecule has 0 radical (unpaired) electrons. The van der Waals surface area contributed by atoms with E-state index in [0.717, 1.165) is 15.9 Å². The van der Waals surface area contributed by atoms with Crippen LogP contribution < -0.4 is 4.74 Å². The number of ether oxygens (including phenoxy) is 1. The lowest BCUT2D eigenvalue weighted by atomic mass is 10.3. The van der Waals surface area contributed by atoms with E-state index in [-0.39, 0.29) is 0 Å². The third-order valence-corrected chi connectivity index (χ3v) is 3.10. The molecule has 7 heteroatoms. The Morgan fingerprint density at radius 2 is 2.20 bits per heavy atom. The van der Waals surface area contributed by atoms with E-state index in [0.29, 0.717) is 13.2 Å². The number of aromatic nitrogens is 5. The molecular weight excluding hydrogens is 322 g/mol. The third kappa shape index (κ3) is 3.05. The Bertz CT molecular complexity index is 680. The van der Waals surface area contributed by atoms with Gasteiger partial charge in [-0.05, 0) is 28.1 Å². The summed E-state index contributed by atoms with van der Waals surface area (Å²) in [6.45, 7) is 1.24. The minimum atomic E-state index is 0.551. The van der Waals surface area contributed by atoms with Gasteiger partial charge in [-0.2, -0.15) is 10.2 Å². The van der Waals surface area contributed by atoms with Crippen LogP contribution in [-0.4, -0.2) is 31.2 Å². The Kier molecular flexibility index (Phi) is 3.78. The normalized spacial score (nSPS) is 10.7. The molecule has 0 amide bonds. The number of hydrogen-bond acceptors (Lipinski definition) is 4. The van der Waals surface area contributed by atoms with Crippen molar-refractivity contribution in [1.82, 2.24) is 24.5 Å². The number of benzene rings is 1. The summed E-state index contributed by atoms with van der Waals surface area (Å²) in [7, 11) is 0. The first kappa shape index (κ1) is 12.9. The molecule has 0 saturated heterocycles. The van der Waals surface area contributed by atoms with Crippen LogP contribution in [0.1, 0.15) is 0 Å². The maximum absolute atomic E-state index is 5.72. The summed E-state index contributed by atoms with van der Waals surface area (Å²) in [4.78, 5) is 3.93. The molecule has 2 aromatic heterocycles. The van der Waals surface area contributed by atoms with Crippen molar-refractivity contribution in [2.75, 3.05) is 6.61 Å². The number of nitrogens with zero attached hydrogens (tertiary/aromatic N) is 5. The van der Waals surface area contributed by atoms with Crippen molar-refractivity contribution in [1.29, 1.82) is 0 Å². The maximum atomic E-state index is 5.72.